The summed E-state index contributed by atoms with van der Waals surface area (Å²) >= 11 is 0. The van der Waals surface area contributed by atoms with Crippen LogP contribution in [-0.4, -0.2) is 58.0 Å². The second-order valence-corrected chi connectivity index (χ2v) is 5.75. The van der Waals surface area contributed by atoms with Gasteiger partial charge in [0, 0.05) is 51.5 Å². The lowest BCUT2D eigenvalue weighted by Crippen LogP contribution is -2.50. The van der Waals surface area contributed by atoms with E-state index < -0.39 is 0 Å². The summed E-state index contributed by atoms with van der Waals surface area (Å²) in [7, 11) is 0. The van der Waals surface area contributed by atoms with Gasteiger partial charge in [-0.1, -0.05) is 18.2 Å². The van der Waals surface area contributed by atoms with E-state index in [9.17, 15) is 9.59 Å². The van der Waals surface area contributed by atoms with Crippen LogP contribution in [0.4, 0.5) is 0 Å². The number of hydrogen-bond acceptors (Lipinski definition) is 5. The Bertz CT molecular complexity index is 706. The van der Waals surface area contributed by atoms with E-state index in [2.05, 4.69) is 10.2 Å². The molecule has 2 heterocycles. The summed E-state index contributed by atoms with van der Waals surface area (Å²) in [6, 6.07) is 9.53. The number of nitrogens with zero attached hydrogens (tertiary/aromatic N) is 4. The molecule has 126 valence electrons. The Morgan fingerprint density at radius 1 is 1.04 bits per heavy atom. The average molecular weight is 328 g/mol. The zero-order chi connectivity index (χ0) is 16.9. The third kappa shape index (κ3) is 3.79. The number of rotatable bonds is 4. The van der Waals surface area contributed by atoms with Crippen molar-refractivity contribution >= 4 is 11.8 Å². The number of aromatic nitrogens is 2. The number of amides is 2. The molecule has 0 N–H and O–H groups in total. The Hall–Kier alpha value is -2.70. The molecule has 24 heavy (non-hydrogen) atoms. The maximum absolute atomic E-state index is 12.3. The van der Waals surface area contributed by atoms with Crippen LogP contribution in [0.15, 0.2) is 34.7 Å². The van der Waals surface area contributed by atoms with Gasteiger partial charge >= 0.3 is 0 Å². The quantitative estimate of drug-likeness (QED) is 0.847. The molecule has 0 bridgehead atoms. The second-order valence-electron chi connectivity index (χ2n) is 5.75. The summed E-state index contributed by atoms with van der Waals surface area (Å²) in [6.07, 6.45) is 0.752. The van der Waals surface area contributed by atoms with Gasteiger partial charge in [-0.25, -0.2) is 0 Å². The van der Waals surface area contributed by atoms with Crippen molar-refractivity contribution in [3.05, 3.63) is 36.2 Å². The number of aryl methyl sites for hydroxylation is 1. The Kier molecular flexibility index (Phi) is 4.88. The van der Waals surface area contributed by atoms with Gasteiger partial charge in [0.1, 0.15) is 0 Å². The van der Waals surface area contributed by atoms with Crippen LogP contribution >= 0.6 is 0 Å². The van der Waals surface area contributed by atoms with Crippen molar-refractivity contribution in [1.29, 1.82) is 0 Å². The minimum Gasteiger partial charge on any atom is -0.421 e. The first-order chi connectivity index (χ1) is 11.6. The number of benzene rings is 1. The molecule has 0 unspecified atom stereocenters. The van der Waals surface area contributed by atoms with Crippen LogP contribution in [0.25, 0.3) is 11.5 Å². The van der Waals surface area contributed by atoms with E-state index in [4.69, 9.17) is 4.42 Å². The Morgan fingerprint density at radius 3 is 2.38 bits per heavy atom. The number of hydrogen-bond donors (Lipinski definition) is 0. The standard InChI is InChI=1S/C17H20N4O3/c1-13(22)20-9-11-21(12-10-20)16(23)8-7-15-18-19-17(24-15)14-5-3-2-4-6-14/h2-6H,7-12H2,1H3. The fourth-order valence-corrected chi connectivity index (χ4v) is 2.69. The molecule has 0 spiro atoms. The zero-order valence-corrected chi connectivity index (χ0v) is 13.6. The van der Waals surface area contributed by atoms with Crippen LogP contribution in [0.2, 0.25) is 0 Å². The van der Waals surface area contributed by atoms with Crippen molar-refractivity contribution < 1.29 is 14.0 Å². The predicted octanol–water partition coefficient (Wildman–Crippen LogP) is 1.36. The number of carbonyl (C=O) groups is 2. The summed E-state index contributed by atoms with van der Waals surface area (Å²) in [4.78, 5) is 27.1. The maximum atomic E-state index is 12.3. The van der Waals surface area contributed by atoms with Crippen molar-refractivity contribution in [2.45, 2.75) is 19.8 Å². The van der Waals surface area contributed by atoms with Crippen LogP contribution in [0.3, 0.4) is 0 Å². The van der Waals surface area contributed by atoms with Crippen molar-refractivity contribution in [3.8, 4) is 11.5 Å². The lowest BCUT2D eigenvalue weighted by Gasteiger charge is -2.34. The van der Waals surface area contributed by atoms with Crippen molar-refractivity contribution in [2.75, 3.05) is 26.2 Å². The summed E-state index contributed by atoms with van der Waals surface area (Å²) in [5, 5.41) is 8.03. The van der Waals surface area contributed by atoms with E-state index in [1.54, 1.807) is 16.7 Å². The average Bonchev–Trinajstić information content (AvgIpc) is 3.09. The van der Waals surface area contributed by atoms with Gasteiger partial charge in [0.25, 0.3) is 0 Å². The minimum absolute atomic E-state index is 0.0534. The van der Waals surface area contributed by atoms with Gasteiger partial charge in [-0.05, 0) is 12.1 Å². The first-order valence-electron chi connectivity index (χ1n) is 8.04. The molecule has 0 saturated carbocycles. The fraction of sp³-hybridized carbons (Fsp3) is 0.412. The molecule has 2 amide bonds. The van der Waals surface area contributed by atoms with Gasteiger partial charge in [-0.2, -0.15) is 0 Å². The lowest BCUT2D eigenvalue weighted by atomic mass is 10.2. The highest BCUT2D eigenvalue weighted by Crippen LogP contribution is 2.17. The first-order valence-corrected chi connectivity index (χ1v) is 8.04. The van der Waals surface area contributed by atoms with Gasteiger partial charge in [-0.3, -0.25) is 9.59 Å². The molecule has 2 aromatic rings. The molecule has 1 fully saturated rings. The smallest absolute Gasteiger partial charge is 0.247 e. The summed E-state index contributed by atoms with van der Waals surface area (Å²) in [5.74, 6) is 1.04. The van der Waals surface area contributed by atoms with Gasteiger partial charge in [0.05, 0.1) is 0 Å². The molecule has 1 aromatic heterocycles. The molecular formula is C17H20N4O3. The van der Waals surface area contributed by atoms with Crippen molar-refractivity contribution in [2.24, 2.45) is 0 Å². The van der Waals surface area contributed by atoms with Gasteiger partial charge in [0.15, 0.2) is 0 Å². The predicted molar refractivity (Wildman–Crippen MR) is 86.9 cm³/mol. The minimum atomic E-state index is 0.0534. The zero-order valence-electron chi connectivity index (χ0n) is 13.6. The molecule has 1 saturated heterocycles. The molecule has 7 nitrogen and oxygen atoms in total. The van der Waals surface area contributed by atoms with E-state index in [-0.39, 0.29) is 11.8 Å². The molecule has 1 aliphatic heterocycles. The lowest BCUT2D eigenvalue weighted by molar-refractivity contribution is -0.138. The van der Waals surface area contributed by atoms with Gasteiger partial charge in [-0.15, -0.1) is 10.2 Å². The van der Waals surface area contributed by atoms with Gasteiger partial charge in [0.2, 0.25) is 23.6 Å². The SMILES string of the molecule is CC(=O)N1CCN(C(=O)CCc2nnc(-c3ccccc3)o2)CC1. The van der Waals surface area contributed by atoms with Crippen molar-refractivity contribution in [3.63, 3.8) is 0 Å². The monoisotopic (exact) mass is 328 g/mol. The second kappa shape index (κ2) is 7.25. The highest BCUT2D eigenvalue weighted by Gasteiger charge is 2.22. The Morgan fingerprint density at radius 2 is 1.71 bits per heavy atom. The molecule has 1 aromatic carbocycles. The van der Waals surface area contributed by atoms with E-state index in [0.717, 1.165) is 5.56 Å². The van der Waals surface area contributed by atoms with Crippen molar-refractivity contribution in [1.82, 2.24) is 20.0 Å². The third-order valence-electron chi connectivity index (χ3n) is 4.12. The molecule has 0 atom stereocenters. The summed E-state index contributed by atoms with van der Waals surface area (Å²) in [6.45, 7) is 3.91. The Balaban J connectivity index is 1.50. The molecule has 1 aliphatic rings. The third-order valence-corrected chi connectivity index (χ3v) is 4.12. The first kappa shape index (κ1) is 16.2. The van der Waals surface area contributed by atoms with Crippen LogP contribution in [0.5, 0.6) is 0 Å². The number of piperazine rings is 1. The normalized spacial score (nSPS) is 14.7. The maximum Gasteiger partial charge on any atom is 0.247 e. The fourth-order valence-electron chi connectivity index (χ4n) is 2.69. The van der Waals surface area contributed by atoms with Crippen LogP contribution in [0.1, 0.15) is 19.2 Å². The van der Waals surface area contributed by atoms with E-state index in [1.807, 2.05) is 30.3 Å². The molecule has 3 rings (SSSR count). The van der Waals surface area contributed by atoms with E-state index in [0.29, 0.717) is 50.8 Å². The molecule has 7 heteroatoms. The molecule has 0 aliphatic carbocycles. The topological polar surface area (TPSA) is 79.5 Å². The molecular weight excluding hydrogens is 308 g/mol. The Labute approximate surface area is 140 Å². The number of carbonyl (C=O) groups excluding carboxylic acids is 2. The van der Waals surface area contributed by atoms with E-state index >= 15 is 0 Å². The van der Waals surface area contributed by atoms with Crippen LogP contribution in [0, 0.1) is 0 Å². The largest absolute Gasteiger partial charge is 0.421 e. The van der Waals surface area contributed by atoms with Crippen LogP contribution < -0.4 is 0 Å². The van der Waals surface area contributed by atoms with Gasteiger partial charge < -0.3 is 14.2 Å². The van der Waals surface area contributed by atoms with Crippen LogP contribution in [-0.2, 0) is 16.0 Å². The molecule has 0 radical (unpaired) electrons. The highest BCUT2D eigenvalue weighted by molar-refractivity contribution is 5.77. The highest BCUT2D eigenvalue weighted by atomic mass is 16.4. The van der Waals surface area contributed by atoms with E-state index in [1.165, 1.54) is 0 Å². The summed E-state index contributed by atoms with van der Waals surface area (Å²) in [5.41, 5.74) is 0.864. The summed E-state index contributed by atoms with van der Waals surface area (Å²) < 4.78 is 5.61.